The van der Waals surface area contributed by atoms with Gasteiger partial charge in [-0.3, -0.25) is 4.79 Å². The fourth-order valence-electron chi connectivity index (χ4n) is 1.97. The van der Waals surface area contributed by atoms with Crippen LogP contribution in [0.1, 0.15) is 18.4 Å². The first kappa shape index (κ1) is 10.5. The Labute approximate surface area is 94.6 Å². The summed E-state index contributed by atoms with van der Waals surface area (Å²) in [7, 11) is 0. The third-order valence-electron chi connectivity index (χ3n) is 2.80. The molecular formula is C12H14ClNO. The molecule has 1 aliphatic rings. The first-order valence-corrected chi connectivity index (χ1v) is 5.79. The van der Waals surface area contributed by atoms with Gasteiger partial charge in [0.2, 0.25) is 5.91 Å². The fraction of sp³-hybridized carbons (Fsp3) is 0.417. The molecular weight excluding hydrogens is 210 g/mol. The van der Waals surface area contributed by atoms with Crippen molar-refractivity contribution in [2.75, 3.05) is 11.2 Å². The number of carbonyl (C=O) groups excluding carboxylic acids is 1. The minimum Gasteiger partial charge on any atom is -0.326 e. The minimum atomic E-state index is 0.0960. The smallest absolute Gasteiger partial charge is 0.227 e. The Morgan fingerprint density at radius 3 is 3.00 bits per heavy atom. The van der Waals surface area contributed by atoms with Crippen molar-refractivity contribution >= 4 is 23.2 Å². The van der Waals surface area contributed by atoms with Crippen molar-refractivity contribution in [1.29, 1.82) is 0 Å². The van der Waals surface area contributed by atoms with E-state index in [1.165, 1.54) is 5.56 Å². The Morgan fingerprint density at radius 1 is 1.40 bits per heavy atom. The molecule has 1 unspecified atom stereocenters. The number of fused-ring (bicyclic) bond motifs is 1. The number of anilines is 1. The van der Waals surface area contributed by atoms with Gasteiger partial charge in [0.05, 0.1) is 0 Å². The molecule has 1 aromatic rings. The van der Waals surface area contributed by atoms with Crippen molar-refractivity contribution in [3.05, 3.63) is 29.8 Å². The molecule has 1 N–H and O–H groups in total. The summed E-state index contributed by atoms with van der Waals surface area (Å²) in [6, 6.07) is 7.97. The van der Waals surface area contributed by atoms with E-state index < -0.39 is 0 Å². The van der Waals surface area contributed by atoms with E-state index in [0.717, 1.165) is 24.9 Å². The average Bonchev–Trinajstić information content (AvgIpc) is 2.26. The summed E-state index contributed by atoms with van der Waals surface area (Å²) >= 11 is 5.64. The summed E-state index contributed by atoms with van der Waals surface area (Å²) in [5, 5.41) is 2.94. The lowest BCUT2D eigenvalue weighted by molar-refractivity contribution is -0.120. The second kappa shape index (κ2) is 4.67. The molecule has 3 heteroatoms. The van der Waals surface area contributed by atoms with Crippen LogP contribution in [0.3, 0.4) is 0 Å². The van der Waals surface area contributed by atoms with Crippen LogP contribution in [0.25, 0.3) is 0 Å². The van der Waals surface area contributed by atoms with Crippen LogP contribution in [-0.4, -0.2) is 11.8 Å². The van der Waals surface area contributed by atoms with Crippen molar-refractivity contribution in [3.8, 4) is 0 Å². The van der Waals surface area contributed by atoms with Gasteiger partial charge in [-0.05, 0) is 30.9 Å². The molecule has 0 fully saturated rings. The molecule has 15 heavy (non-hydrogen) atoms. The molecule has 2 nitrogen and oxygen atoms in total. The average molecular weight is 224 g/mol. The Morgan fingerprint density at radius 2 is 2.20 bits per heavy atom. The summed E-state index contributed by atoms with van der Waals surface area (Å²) in [5.74, 6) is 0.864. The van der Waals surface area contributed by atoms with Crippen LogP contribution in [0.4, 0.5) is 5.69 Å². The number of carbonyl (C=O) groups is 1. The molecule has 0 radical (unpaired) electrons. The molecule has 0 saturated heterocycles. The van der Waals surface area contributed by atoms with E-state index in [9.17, 15) is 4.79 Å². The first-order chi connectivity index (χ1) is 7.31. The van der Waals surface area contributed by atoms with Gasteiger partial charge < -0.3 is 5.32 Å². The van der Waals surface area contributed by atoms with Crippen molar-refractivity contribution in [2.24, 2.45) is 5.92 Å². The van der Waals surface area contributed by atoms with E-state index in [0.29, 0.717) is 5.88 Å². The lowest BCUT2D eigenvalue weighted by Gasteiger charge is -2.24. The molecule has 0 bridgehead atoms. The fourth-order valence-corrected chi connectivity index (χ4v) is 2.12. The van der Waals surface area contributed by atoms with Gasteiger partial charge in [0.1, 0.15) is 0 Å². The summed E-state index contributed by atoms with van der Waals surface area (Å²) < 4.78 is 0. The molecule has 0 aliphatic carbocycles. The van der Waals surface area contributed by atoms with Gasteiger partial charge in [0.15, 0.2) is 0 Å². The topological polar surface area (TPSA) is 29.1 Å². The minimum absolute atomic E-state index is 0.0960. The number of para-hydroxylation sites is 1. The van der Waals surface area contributed by atoms with E-state index in [1.807, 2.05) is 18.2 Å². The molecule has 1 atom stereocenters. The zero-order valence-corrected chi connectivity index (χ0v) is 9.26. The number of nitrogens with one attached hydrogen (secondary N) is 1. The van der Waals surface area contributed by atoms with E-state index in [2.05, 4.69) is 11.4 Å². The monoisotopic (exact) mass is 223 g/mol. The highest BCUT2D eigenvalue weighted by Crippen LogP contribution is 2.27. The van der Waals surface area contributed by atoms with Crippen LogP contribution >= 0.6 is 11.6 Å². The first-order valence-electron chi connectivity index (χ1n) is 5.26. The molecule has 1 aromatic carbocycles. The van der Waals surface area contributed by atoms with Gasteiger partial charge in [-0.15, -0.1) is 11.6 Å². The highest BCUT2D eigenvalue weighted by atomic mass is 35.5. The summed E-state index contributed by atoms with van der Waals surface area (Å²) in [5.41, 5.74) is 2.20. The highest BCUT2D eigenvalue weighted by Gasteiger charge is 2.24. The Bertz CT molecular complexity index is 364. The number of alkyl halides is 1. The van der Waals surface area contributed by atoms with Crippen LogP contribution in [0, 0.1) is 5.92 Å². The van der Waals surface area contributed by atoms with Gasteiger partial charge in [-0.1, -0.05) is 18.2 Å². The van der Waals surface area contributed by atoms with E-state index in [4.69, 9.17) is 11.6 Å². The van der Waals surface area contributed by atoms with Crippen LogP contribution < -0.4 is 5.32 Å². The zero-order valence-electron chi connectivity index (χ0n) is 8.50. The molecule has 1 aliphatic heterocycles. The number of amides is 1. The number of rotatable bonds is 3. The van der Waals surface area contributed by atoms with Crippen LogP contribution in [-0.2, 0) is 11.2 Å². The number of hydrogen-bond donors (Lipinski definition) is 1. The van der Waals surface area contributed by atoms with Crippen LogP contribution in [0.5, 0.6) is 0 Å². The second-order valence-electron chi connectivity index (χ2n) is 3.88. The van der Waals surface area contributed by atoms with Gasteiger partial charge in [-0.2, -0.15) is 0 Å². The maximum absolute atomic E-state index is 11.7. The predicted molar refractivity (Wildman–Crippen MR) is 62.2 cm³/mol. The standard InChI is InChI=1S/C12H14ClNO/c13-7-3-5-10-8-9-4-1-2-6-11(9)14-12(10)15/h1-2,4,6,10H,3,5,7-8H2,(H,14,15). The Hall–Kier alpha value is -1.02. The predicted octanol–water partition coefficient (Wildman–Crippen LogP) is 2.82. The SMILES string of the molecule is O=C1Nc2ccccc2CC1CCCCl. The van der Waals surface area contributed by atoms with Crippen molar-refractivity contribution in [2.45, 2.75) is 19.3 Å². The van der Waals surface area contributed by atoms with Gasteiger partial charge in [0, 0.05) is 17.5 Å². The molecule has 80 valence electrons. The van der Waals surface area contributed by atoms with Crippen molar-refractivity contribution in [1.82, 2.24) is 0 Å². The lowest BCUT2D eigenvalue weighted by atomic mass is 9.90. The third-order valence-corrected chi connectivity index (χ3v) is 3.07. The summed E-state index contributed by atoms with van der Waals surface area (Å²) in [4.78, 5) is 11.7. The van der Waals surface area contributed by atoms with Crippen LogP contribution in [0.2, 0.25) is 0 Å². The highest BCUT2D eigenvalue weighted by molar-refractivity contribution is 6.17. The third kappa shape index (κ3) is 2.32. The van der Waals surface area contributed by atoms with Crippen LogP contribution in [0.15, 0.2) is 24.3 Å². The largest absolute Gasteiger partial charge is 0.326 e. The Kier molecular flexibility index (Phi) is 3.27. The van der Waals surface area contributed by atoms with E-state index in [1.54, 1.807) is 0 Å². The zero-order chi connectivity index (χ0) is 10.7. The molecule has 0 spiro atoms. The molecule has 1 amide bonds. The molecule has 0 saturated carbocycles. The van der Waals surface area contributed by atoms with Crippen molar-refractivity contribution < 1.29 is 4.79 Å². The lowest BCUT2D eigenvalue weighted by Crippen LogP contribution is -2.29. The van der Waals surface area contributed by atoms with Crippen molar-refractivity contribution in [3.63, 3.8) is 0 Å². The normalized spacial score (nSPS) is 19.5. The number of benzene rings is 1. The van der Waals surface area contributed by atoms with Gasteiger partial charge in [-0.25, -0.2) is 0 Å². The maximum atomic E-state index is 11.7. The second-order valence-corrected chi connectivity index (χ2v) is 4.26. The maximum Gasteiger partial charge on any atom is 0.227 e. The van der Waals surface area contributed by atoms with Gasteiger partial charge >= 0.3 is 0 Å². The molecule has 1 heterocycles. The number of halogens is 1. The Balaban J connectivity index is 2.11. The summed E-state index contributed by atoms with van der Waals surface area (Å²) in [6.07, 6.45) is 2.63. The quantitative estimate of drug-likeness (QED) is 0.785. The molecule has 0 aromatic heterocycles. The van der Waals surface area contributed by atoms with Gasteiger partial charge in [0.25, 0.3) is 0 Å². The number of hydrogen-bond acceptors (Lipinski definition) is 1. The summed E-state index contributed by atoms with van der Waals surface area (Å²) in [6.45, 7) is 0. The molecule has 2 rings (SSSR count). The van der Waals surface area contributed by atoms with E-state index in [-0.39, 0.29) is 11.8 Å². The van der Waals surface area contributed by atoms with E-state index >= 15 is 0 Å².